The van der Waals surface area contributed by atoms with Gasteiger partial charge in [-0.15, -0.1) is 0 Å². The third-order valence-corrected chi connectivity index (χ3v) is 1.79. The van der Waals surface area contributed by atoms with Gasteiger partial charge in [-0.2, -0.15) is 5.26 Å². The summed E-state index contributed by atoms with van der Waals surface area (Å²) in [6.45, 7) is 1.93. The Morgan fingerprint density at radius 1 is 1.54 bits per heavy atom. The van der Waals surface area contributed by atoms with E-state index in [9.17, 15) is 9.50 Å². The second-order valence-electron chi connectivity index (χ2n) is 2.82. The van der Waals surface area contributed by atoms with Crippen molar-refractivity contribution in [2.24, 2.45) is 0 Å². The monoisotopic (exact) mass is 179 g/mol. The minimum atomic E-state index is -0.474. The summed E-state index contributed by atoms with van der Waals surface area (Å²) in [6.07, 6.45) is 1.39. The van der Waals surface area contributed by atoms with E-state index < -0.39 is 5.82 Å². The lowest BCUT2D eigenvalue weighted by atomic mass is 10.1. The van der Waals surface area contributed by atoms with Gasteiger partial charge in [0.15, 0.2) is 0 Å². The number of phenols is 1. The molecule has 0 amide bonds. The third kappa shape index (κ3) is 1.97. The number of hydrogen-bond acceptors (Lipinski definition) is 2. The quantitative estimate of drug-likeness (QED) is 0.757. The van der Waals surface area contributed by atoms with Crippen molar-refractivity contribution in [2.75, 3.05) is 0 Å². The average Bonchev–Trinajstić information content (AvgIpc) is 2.11. The van der Waals surface area contributed by atoms with Crippen molar-refractivity contribution < 1.29 is 9.50 Å². The highest BCUT2D eigenvalue weighted by Crippen LogP contribution is 2.24. The lowest BCUT2D eigenvalue weighted by molar-refractivity contribution is 0.463. The highest BCUT2D eigenvalue weighted by atomic mass is 19.1. The first-order valence-corrected chi connectivity index (χ1v) is 4.10. The Labute approximate surface area is 76.2 Å². The van der Waals surface area contributed by atoms with Gasteiger partial charge in [-0.05, 0) is 24.1 Å². The Kier molecular flexibility index (Phi) is 2.86. The van der Waals surface area contributed by atoms with Crippen molar-refractivity contribution in [3.05, 3.63) is 29.1 Å². The molecule has 0 aliphatic carbocycles. The number of nitriles is 1. The first kappa shape index (κ1) is 9.53. The molecule has 1 aromatic rings. The molecule has 0 bridgehead atoms. The number of benzene rings is 1. The minimum absolute atomic E-state index is 0.00319. The predicted molar refractivity (Wildman–Crippen MR) is 46.8 cm³/mol. The van der Waals surface area contributed by atoms with Crippen LogP contribution in [0.25, 0.3) is 0 Å². The standard InChI is InChI=1S/C10H10FNO/c1-2-3-7-4-9(11)5-8(6-12)10(7)13/h4-5,13H,2-3H2,1H3. The van der Waals surface area contributed by atoms with Gasteiger partial charge >= 0.3 is 0 Å². The van der Waals surface area contributed by atoms with Gasteiger partial charge in [0.05, 0.1) is 5.56 Å². The zero-order chi connectivity index (χ0) is 9.84. The molecule has 3 heteroatoms. The second kappa shape index (κ2) is 3.90. The largest absolute Gasteiger partial charge is 0.506 e. The molecule has 0 unspecified atom stereocenters. The van der Waals surface area contributed by atoms with Gasteiger partial charge in [-0.25, -0.2) is 4.39 Å². The topological polar surface area (TPSA) is 44.0 Å². The van der Waals surface area contributed by atoms with Crippen molar-refractivity contribution in [1.82, 2.24) is 0 Å². The summed E-state index contributed by atoms with van der Waals surface area (Å²) in [5, 5.41) is 18.0. The van der Waals surface area contributed by atoms with Gasteiger partial charge < -0.3 is 5.11 Å². The highest BCUT2D eigenvalue weighted by molar-refractivity contribution is 5.47. The molecular weight excluding hydrogens is 169 g/mol. The van der Waals surface area contributed by atoms with Crippen LogP contribution in [-0.2, 0) is 6.42 Å². The Morgan fingerprint density at radius 2 is 2.23 bits per heavy atom. The molecule has 0 atom stereocenters. The van der Waals surface area contributed by atoms with Gasteiger partial charge in [0.25, 0.3) is 0 Å². The zero-order valence-corrected chi connectivity index (χ0v) is 7.34. The Balaban J connectivity index is 3.21. The van der Waals surface area contributed by atoms with E-state index in [0.717, 1.165) is 12.5 Å². The molecule has 0 heterocycles. The molecule has 1 N–H and O–H groups in total. The van der Waals surface area contributed by atoms with E-state index >= 15 is 0 Å². The summed E-state index contributed by atoms with van der Waals surface area (Å²) in [6, 6.07) is 4.04. The van der Waals surface area contributed by atoms with Crippen LogP contribution in [0.2, 0.25) is 0 Å². The molecule has 0 radical (unpaired) electrons. The van der Waals surface area contributed by atoms with E-state index in [0.29, 0.717) is 12.0 Å². The van der Waals surface area contributed by atoms with Gasteiger partial charge in [-0.3, -0.25) is 0 Å². The number of hydrogen-bond donors (Lipinski definition) is 1. The normalized spacial score (nSPS) is 9.62. The van der Waals surface area contributed by atoms with E-state index in [1.165, 1.54) is 6.07 Å². The van der Waals surface area contributed by atoms with Crippen LogP contribution in [0.15, 0.2) is 12.1 Å². The van der Waals surface area contributed by atoms with Gasteiger partial charge in [0, 0.05) is 0 Å². The fraction of sp³-hybridized carbons (Fsp3) is 0.300. The molecule has 0 saturated heterocycles. The van der Waals surface area contributed by atoms with Crippen molar-refractivity contribution >= 4 is 0 Å². The molecule has 2 nitrogen and oxygen atoms in total. The molecule has 1 rings (SSSR count). The van der Waals surface area contributed by atoms with Gasteiger partial charge in [0.1, 0.15) is 17.6 Å². The molecule has 0 aromatic heterocycles. The van der Waals surface area contributed by atoms with Crippen LogP contribution in [0.3, 0.4) is 0 Å². The van der Waals surface area contributed by atoms with Crippen molar-refractivity contribution in [3.63, 3.8) is 0 Å². The van der Waals surface area contributed by atoms with Crippen LogP contribution in [0, 0.1) is 17.1 Å². The fourth-order valence-corrected chi connectivity index (χ4v) is 1.20. The number of aryl methyl sites for hydroxylation is 1. The predicted octanol–water partition coefficient (Wildman–Crippen LogP) is 2.36. The molecule has 0 saturated carbocycles. The number of rotatable bonds is 2. The molecule has 0 spiro atoms. The molecule has 0 aliphatic heterocycles. The van der Waals surface area contributed by atoms with E-state index in [4.69, 9.17) is 5.26 Å². The van der Waals surface area contributed by atoms with Crippen LogP contribution >= 0.6 is 0 Å². The summed E-state index contributed by atoms with van der Waals surface area (Å²) in [5.41, 5.74) is 0.502. The average molecular weight is 179 g/mol. The fourth-order valence-electron chi connectivity index (χ4n) is 1.20. The van der Waals surface area contributed by atoms with Crippen LogP contribution in [0.5, 0.6) is 5.75 Å². The number of aromatic hydroxyl groups is 1. The summed E-state index contributed by atoms with van der Waals surface area (Å²) in [7, 11) is 0. The van der Waals surface area contributed by atoms with Crippen LogP contribution in [0.1, 0.15) is 24.5 Å². The SMILES string of the molecule is CCCc1cc(F)cc(C#N)c1O. The number of nitrogens with zero attached hydrogens (tertiary/aromatic N) is 1. The van der Waals surface area contributed by atoms with Crippen molar-refractivity contribution in [3.8, 4) is 11.8 Å². The first-order valence-electron chi connectivity index (χ1n) is 4.10. The summed E-state index contributed by atoms with van der Waals surface area (Å²) in [4.78, 5) is 0. The van der Waals surface area contributed by atoms with Gasteiger partial charge in [0.2, 0.25) is 0 Å². The maximum absolute atomic E-state index is 12.9. The molecule has 0 aliphatic rings. The highest BCUT2D eigenvalue weighted by Gasteiger charge is 2.08. The maximum atomic E-state index is 12.9. The van der Waals surface area contributed by atoms with Crippen LogP contribution < -0.4 is 0 Å². The number of halogens is 1. The molecule has 0 fully saturated rings. The maximum Gasteiger partial charge on any atom is 0.136 e. The molecule has 13 heavy (non-hydrogen) atoms. The minimum Gasteiger partial charge on any atom is -0.506 e. The Bertz CT molecular complexity index is 355. The molecule has 1 aromatic carbocycles. The Morgan fingerprint density at radius 3 is 2.77 bits per heavy atom. The van der Waals surface area contributed by atoms with E-state index in [1.807, 2.05) is 6.92 Å². The zero-order valence-electron chi connectivity index (χ0n) is 7.34. The molecular formula is C10H10FNO. The second-order valence-corrected chi connectivity index (χ2v) is 2.82. The van der Waals surface area contributed by atoms with Crippen LogP contribution in [-0.4, -0.2) is 5.11 Å². The lowest BCUT2D eigenvalue weighted by Crippen LogP contribution is -1.90. The summed E-state index contributed by atoms with van der Waals surface area (Å²) < 4.78 is 12.9. The van der Waals surface area contributed by atoms with E-state index in [1.54, 1.807) is 6.07 Å². The van der Waals surface area contributed by atoms with Crippen molar-refractivity contribution in [2.45, 2.75) is 19.8 Å². The summed E-state index contributed by atoms with van der Waals surface area (Å²) >= 11 is 0. The lowest BCUT2D eigenvalue weighted by Gasteiger charge is -2.04. The summed E-state index contributed by atoms with van der Waals surface area (Å²) in [5.74, 6) is -0.566. The van der Waals surface area contributed by atoms with E-state index in [2.05, 4.69) is 0 Å². The van der Waals surface area contributed by atoms with Crippen LogP contribution in [0.4, 0.5) is 4.39 Å². The third-order valence-electron chi connectivity index (χ3n) is 1.79. The van der Waals surface area contributed by atoms with Gasteiger partial charge in [-0.1, -0.05) is 13.3 Å². The molecule has 68 valence electrons. The Hall–Kier alpha value is -1.56. The van der Waals surface area contributed by atoms with Crippen molar-refractivity contribution in [1.29, 1.82) is 5.26 Å². The first-order chi connectivity index (χ1) is 6.19. The van der Waals surface area contributed by atoms with E-state index in [-0.39, 0.29) is 11.3 Å². The number of phenolic OH excluding ortho intramolecular Hbond substituents is 1. The smallest absolute Gasteiger partial charge is 0.136 e.